The number of anilines is 1. The van der Waals surface area contributed by atoms with Crippen molar-refractivity contribution in [3.8, 4) is 5.75 Å². The van der Waals surface area contributed by atoms with Crippen molar-refractivity contribution in [3.63, 3.8) is 0 Å². The van der Waals surface area contributed by atoms with Gasteiger partial charge in [0.25, 0.3) is 0 Å². The van der Waals surface area contributed by atoms with Crippen LogP contribution in [0.4, 0.5) is 5.13 Å². The van der Waals surface area contributed by atoms with E-state index in [-0.39, 0.29) is 0 Å². The Labute approximate surface area is 199 Å². The van der Waals surface area contributed by atoms with Crippen LogP contribution in [0, 0.1) is 0 Å². The molecule has 0 bridgehead atoms. The van der Waals surface area contributed by atoms with Gasteiger partial charge in [-0.25, -0.2) is 4.98 Å². The molecule has 0 unspecified atom stereocenters. The maximum absolute atomic E-state index is 5.45. The molecule has 0 spiro atoms. The van der Waals surface area contributed by atoms with Gasteiger partial charge in [0.2, 0.25) is 0 Å². The van der Waals surface area contributed by atoms with Crippen LogP contribution in [-0.4, -0.2) is 35.1 Å². The van der Waals surface area contributed by atoms with Crippen LogP contribution in [0.3, 0.4) is 0 Å². The van der Waals surface area contributed by atoms with Gasteiger partial charge < -0.3 is 9.64 Å². The van der Waals surface area contributed by atoms with Crippen molar-refractivity contribution < 1.29 is 4.74 Å². The highest BCUT2D eigenvalue weighted by molar-refractivity contribution is 7.13. The van der Waals surface area contributed by atoms with Gasteiger partial charge >= 0.3 is 0 Å². The maximum Gasteiger partial charge on any atom is 0.186 e. The standard InChI is InChI=1S/C27H30N4OS/c1-32-25-9-5-7-21(16-25)17-31(18-22-10-11-26-23(15-22)8-6-12-28-26)27-29-24(20-33-27)19-30-13-3-2-4-14-30/h5-12,15-16,20H,2-4,13-14,17-19H2,1H3. The number of piperidine rings is 1. The Balaban J connectivity index is 1.40. The highest BCUT2D eigenvalue weighted by Crippen LogP contribution is 2.27. The number of nitrogens with zero attached hydrogens (tertiary/aromatic N) is 4. The number of fused-ring (bicyclic) bond motifs is 1. The Kier molecular flexibility index (Phi) is 6.84. The van der Waals surface area contributed by atoms with E-state index in [1.807, 2.05) is 18.3 Å². The van der Waals surface area contributed by atoms with Gasteiger partial charge in [0, 0.05) is 36.6 Å². The minimum Gasteiger partial charge on any atom is -0.497 e. The quantitative estimate of drug-likeness (QED) is 0.329. The molecular weight excluding hydrogens is 428 g/mol. The molecule has 0 aliphatic carbocycles. The van der Waals surface area contributed by atoms with Crippen molar-refractivity contribution in [1.82, 2.24) is 14.9 Å². The average molecular weight is 459 g/mol. The minimum atomic E-state index is 0.777. The summed E-state index contributed by atoms with van der Waals surface area (Å²) in [5.41, 5.74) is 4.67. The number of methoxy groups -OCH3 is 1. The second-order valence-electron chi connectivity index (χ2n) is 8.70. The van der Waals surface area contributed by atoms with E-state index in [0.29, 0.717) is 0 Å². The fourth-order valence-corrected chi connectivity index (χ4v) is 5.30. The molecule has 1 aliphatic rings. The molecule has 33 heavy (non-hydrogen) atoms. The van der Waals surface area contributed by atoms with Crippen LogP contribution in [0.25, 0.3) is 10.9 Å². The highest BCUT2D eigenvalue weighted by Gasteiger charge is 2.16. The van der Waals surface area contributed by atoms with Crippen LogP contribution < -0.4 is 9.64 Å². The molecular formula is C27H30N4OS. The number of benzene rings is 2. The van der Waals surface area contributed by atoms with Gasteiger partial charge in [0.05, 0.1) is 18.3 Å². The van der Waals surface area contributed by atoms with E-state index in [4.69, 9.17) is 9.72 Å². The summed E-state index contributed by atoms with van der Waals surface area (Å²) in [4.78, 5) is 14.4. The molecule has 4 aromatic rings. The molecule has 2 aromatic heterocycles. The highest BCUT2D eigenvalue weighted by atomic mass is 32.1. The lowest BCUT2D eigenvalue weighted by molar-refractivity contribution is 0.219. The van der Waals surface area contributed by atoms with Crippen LogP contribution in [-0.2, 0) is 19.6 Å². The third-order valence-corrected chi connectivity index (χ3v) is 7.14. The Morgan fingerprint density at radius 2 is 1.82 bits per heavy atom. The lowest BCUT2D eigenvalue weighted by Crippen LogP contribution is -2.29. The Morgan fingerprint density at radius 3 is 2.67 bits per heavy atom. The first-order valence-electron chi connectivity index (χ1n) is 11.7. The number of thiazole rings is 1. The second kappa shape index (κ2) is 10.3. The molecule has 1 aliphatic heterocycles. The summed E-state index contributed by atoms with van der Waals surface area (Å²) >= 11 is 1.74. The number of pyridine rings is 1. The van der Waals surface area contributed by atoms with E-state index in [9.17, 15) is 0 Å². The summed E-state index contributed by atoms with van der Waals surface area (Å²) in [6.07, 6.45) is 5.80. The van der Waals surface area contributed by atoms with Crippen LogP contribution in [0.15, 0.2) is 66.2 Å². The zero-order chi connectivity index (χ0) is 22.5. The Morgan fingerprint density at radius 1 is 0.970 bits per heavy atom. The van der Waals surface area contributed by atoms with Crippen molar-refractivity contribution >= 4 is 27.4 Å². The van der Waals surface area contributed by atoms with Gasteiger partial charge in [-0.15, -0.1) is 11.3 Å². The summed E-state index contributed by atoms with van der Waals surface area (Å²) in [5, 5.41) is 4.46. The van der Waals surface area contributed by atoms with Gasteiger partial charge in [-0.1, -0.05) is 30.7 Å². The number of hydrogen-bond donors (Lipinski definition) is 0. The van der Waals surface area contributed by atoms with Crippen LogP contribution in [0.2, 0.25) is 0 Å². The molecule has 0 atom stereocenters. The van der Waals surface area contributed by atoms with Crippen molar-refractivity contribution in [2.45, 2.75) is 38.9 Å². The van der Waals surface area contributed by atoms with Crippen molar-refractivity contribution in [3.05, 3.63) is 83.0 Å². The molecule has 0 saturated carbocycles. The smallest absolute Gasteiger partial charge is 0.186 e. The predicted molar refractivity (Wildman–Crippen MR) is 136 cm³/mol. The molecule has 170 valence electrons. The van der Waals surface area contributed by atoms with E-state index in [0.717, 1.165) is 36.0 Å². The number of hydrogen-bond acceptors (Lipinski definition) is 6. The summed E-state index contributed by atoms with van der Waals surface area (Å²) < 4.78 is 5.45. The normalized spacial score (nSPS) is 14.5. The molecule has 0 radical (unpaired) electrons. The summed E-state index contributed by atoms with van der Waals surface area (Å²) in [5.74, 6) is 0.883. The third-order valence-electron chi connectivity index (χ3n) is 6.19. The van der Waals surface area contributed by atoms with E-state index in [1.54, 1.807) is 18.4 Å². The fraction of sp³-hybridized carbons (Fsp3) is 0.333. The number of aromatic nitrogens is 2. The first-order valence-corrected chi connectivity index (χ1v) is 12.5. The largest absolute Gasteiger partial charge is 0.497 e. The van der Waals surface area contributed by atoms with E-state index in [2.05, 4.69) is 62.6 Å². The molecule has 5 nitrogen and oxygen atoms in total. The van der Waals surface area contributed by atoms with Gasteiger partial charge in [0.15, 0.2) is 5.13 Å². The first-order chi connectivity index (χ1) is 16.3. The van der Waals surface area contributed by atoms with Gasteiger partial charge in [0.1, 0.15) is 5.75 Å². The predicted octanol–water partition coefficient (Wildman–Crippen LogP) is 5.89. The topological polar surface area (TPSA) is 41.5 Å². The first kappa shape index (κ1) is 21.9. The van der Waals surface area contributed by atoms with E-state index in [1.165, 1.54) is 54.6 Å². The summed E-state index contributed by atoms with van der Waals surface area (Å²) in [6, 6.07) is 19.0. The zero-order valence-corrected chi connectivity index (χ0v) is 19.9. The molecule has 1 fully saturated rings. The molecule has 1 saturated heterocycles. The SMILES string of the molecule is COc1cccc(CN(Cc2ccc3ncccc3c2)c2nc(CN3CCCCC3)cs2)c1. The fourth-order valence-electron chi connectivity index (χ4n) is 4.49. The van der Waals surface area contributed by atoms with Crippen LogP contribution in [0.1, 0.15) is 36.1 Å². The minimum absolute atomic E-state index is 0.777. The molecule has 3 heterocycles. The lowest BCUT2D eigenvalue weighted by atomic mass is 10.1. The summed E-state index contributed by atoms with van der Waals surface area (Å²) in [6.45, 7) is 4.89. The van der Waals surface area contributed by atoms with Crippen molar-refractivity contribution in [1.29, 1.82) is 0 Å². The molecule has 0 amide bonds. The van der Waals surface area contributed by atoms with Crippen LogP contribution in [0.5, 0.6) is 5.75 Å². The Bertz CT molecular complexity index is 1200. The maximum atomic E-state index is 5.45. The van der Waals surface area contributed by atoms with Gasteiger partial charge in [-0.3, -0.25) is 9.88 Å². The number of likely N-dealkylation sites (tertiary alicyclic amines) is 1. The second-order valence-corrected chi connectivity index (χ2v) is 9.53. The van der Waals surface area contributed by atoms with Gasteiger partial charge in [-0.2, -0.15) is 0 Å². The molecule has 5 rings (SSSR count). The number of ether oxygens (including phenoxy) is 1. The molecule has 0 N–H and O–H groups in total. The van der Waals surface area contributed by atoms with E-state index >= 15 is 0 Å². The monoisotopic (exact) mass is 458 g/mol. The van der Waals surface area contributed by atoms with Gasteiger partial charge in [-0.05, 0) is 67.4 Å². The van der Waals surface area contributed by atoms with E-state index < -0.39 is 0 Å². The molecule has 2 aromatic carbocycles. The average Bonchev–Trinajstić information content (AvgIpc) is 3.33. The van der Waals surface area contributed by atoms with Crippen LogP contribution >= 0.6 is 11.3 Å². The zero-order valence-electron chi connectivity index (χ0n) is 19.1. The Hall–Kier alpha value is -2.96. The summed E-state index contributed by atoms with van der Waals surface area (Å²) in [7, 11) is 1.72. The lowest BCUT2D eigenvalue weighted by Gasteiger charge is -2.25. The van der Waals surface area contributed by atoms with Crippen molar-refractivity contribution in [2.24, 2.45) is 0 Å². The van der Waals surface area contributed by atoms with Crippen molar-refractivity contribution in [2.75, 3.05) is 25.1 Å². The number of rotatable bonds is 8. The third kappa shape index (κ3) is 5.52. The molecule has 6 heteroatoms.